The molecule has 112 valence electrons. The molecule has 0 bridgehead atoms. The third-order valence-corrected chi connectivity index (χ3v) is 3.86. The minimum absolute atomic E-state index is 0.0729. The standard InChI is InChI=1S/C15H30N2O2/c1-11(2)7-8-12(3)17-15(19)16-10-13-5-4-6-14(18)9-13/h11-14,18H,4-10H2,1-3H3,(H2,16,17,19). The van der Waals surface area contributed by atoms with Crippen LogP contribution in [0.1, 0.15) is 59.3 Å². The lowest BCUT2D eigenvalue weighted by molar-refractivity contribution is 0.101. The maximum atomic E-state index is 11.7. The molecule has 3 atom stereocenters. The van der Waals surface area contributed by atoms with Crippen LogP contribution in [-0.2, 0) is 0 Å². The van der Waals surface area contributed by atoms with Crippen LogP contribution in [0.5, 0.6) is 0 Å². The average molecular weight is 270 g/mol. The Morgan fingerprint density at radius 3 is 2.63 bits per heavy atom. The summed E-state index contributed by atoms with van der Waals surface area (Å²) in [4.78, 5) is 11.7. The van der Waals surface area contributed by atoms with E-state index in [0.717, 1.165) is 38.5 Å². The van der Waals surface area contributed by atoms with E-state index in [1.807, 2.05) is 6.92 Å². The monoisotopic (exact) mass is 270 g/mol. The number of aliphatic hydroxyl groups is 1. The summed E-state index contributed by atoms with van der Waals surface area (Å²) in [5.41, 5.74) is 0. The molecule has 0 heterocycles. The van der Waals surface area contributed by atoms with Crippen molar-refractivity contribution < 1.29 is 9.90 Å². The van der Waals surface area contributed by atoms with Gasteiger partial charge in [-0.15, -0.1) is 0 Å². The molecule has 4 heteroatoms. The Hall–Kier alpha value is -0.770. The van der Waals surface area contributed by atoms with Crippen LogP contribution in [0.15, 0.2) is 0 Å². The van der Waals surface area contributed by atoms with E-state index < -0.39 is 0 Å². The van der Waals surface area contributed by atoms with Gasteiger partial charge in [0.25, 0.3) is 0 Å². The fourth-order valence-corrected chi connectivity index (χ4v) is 2.62. The maximum absolute atomic E-state index is 11.7. The summed E-state index contributed by atoms with van der Waals surface area (Å²) in [5.74, 6) is 1.11. The number of aliphatic hydroxyl groups excluding tert-OH is 1. The highest BCUT2D eigenvalue weighted by atomic mass is 16.3. The highest BCUT2D eigenvalue weighted by molar-refractivity contribution is 5.74. The molecule has 0 aromatic heterocycles. The first-order valence-corrected chi connectivity index (χ1v) is 7.69. The molecule has 1 fully saturated rings. The lowest BCUT2D eigenvalue weighted by Crippen LogP contribution is -2.43. The largest absolute Gasteiger partial charge is 0.393 e. The molecule has 0 saturated heterocycles. The van der Waals surface area contributed by atoms with Gasteiger partial charge in [-0.3, -0.25) is 0 Å². The predicted molar refractivity (Wildman–Crippen MR) is 78.0 cm³/mol. The topological polar surface area (TPSA) is 61.4 Å². The van der Waals surface area contributed by atoms with Crippen molar-refractivity contribution >= 4 is 6.03 Å². The fourth-order valence-electron chi connectivity index (χ4n) is 2.62. The van der Waals surface area contributed by atoms with Gasteiger partial charge in [0.2, 0.25) is 0 Å². The van der Waals surface area contributed by atoms with Crippen LogP contribution in [0.3, 0.4) is 0 Å². The molecule has 1 rings (SSSR count). The molecule has 0 aliphatic heterocycles. The molecule has 3 unspecified atom stereocenters. The lowest BCUT2D eigenvalue weighted by atomic mass is 9.87. The smallest absolute Gasteiger partial charge is 0.315 e. The van der Waals surface area contributed by atoms with Gasteiger partial charge in [-0.2, -0.15) is 0 Å². The number of hydrogen-bond acceptors (Lipinski definition) is 2. The van der Waals surface area contributed by atoms with Gasteiger partial charge < -0.3 is 15.7 Å². The first-order valence-electron chi connectivity index (χ1n) is 7.69. The fraction of sp³-hybridized carbons (Fsp3) is 0.933. The molecule has 0 aromatic carbocycles. The van der Waals surface area contributed by atoms with Crippen molar-refractivity contribution in [2.24, 2.45) is 11.8 Å². The van der Waals surface area contributed by atoms with E-state index in [1.165, 1.54) is 0 Å². The van der Waals surface area contributed by atoms with E-state index in [1.54, 1.807) is 0 Å². The first kappa shape index (κ1) is 16.3. The maximum Gasteiger partial charge on any atom is 0.315 e. The molecule has 1 aliphatic rings. The van der Waals surface area contributed by atoms with Crippen molar-refractivity contribution in [3.63, 3.8) is 0 Å². The Bertz CT molecular complexity index is 269. The molecule has 0 radical (unpaired) electrons. The van der Waals surface area contributed by atoms with Gasteiger partial charge in [-0.05, 0) is 50.9 Å². The number of hydrogen-bond donors (Lipinski definition) is 3. The van der Waals surface area contributed by atoms with E-state index in [4.69, 9.17) is 0 Å². The minimum atomic E-state index is -0.173. The Labute approximate surface area is 117 Å². The van der Waals surface area contributed by atoms with Crippen LogP contribution in [0, 0.1) is 11.8 Å². The van der Waals surface area contributed by atoms with Crippen molar-refractivity contribution in [1.82, 2.24) is 10.6 Å². The van der Waals surface area contributed by atoms with Crippen LogP contribution in [0.4, 0.5) is 4.79 Å². The van der Waals surface area contributed by atoms with Crippen molar-refractivity contribution in [2.75, 3.05) is 6.54 Å². The molecule has 3 N–H and O–H groups in total. The second-order valence-corrected chi connectivity index (χ2v) is 6.41. The second kappa shape index (κ2) is 8.41. The second-order valence-electron chi connectivity index (χ2n) is 6.41. The summed E-state index contributed by atoms with van der Waals surface area (Å²) in [6.45, 7) is 7.12. The Balaban J connectivity index is 2.13. The normalized spacial score (nSPS) is 25.1. The molecule has 4 nitrogen and oxygen atoms in total. The number of carbonyl (C=O) groups excluding carboxylic acids is 1. The van der Waals surface area contributed by atoms with Gasteiger partial charge in [-0.25, -0.2) is 4.79 Å². The summed E-state index contributed by atoms with van der Waals surface area (Å²) >= 11 is 0. The lowest BCUT2D eigenvalue weighted by Gasteiger charge is -2.26. The molecule has 19 heavy (non-hydrogen) atoms. The Kier molecular flexibility index (Phi) is 7.21. The van der Waals surface area contributed by atoms with E-state index in [9.17, 15) is 9.90 Å². The average Bonchev–Trinajstić information content (AvgIpc) is 2.34. The highest BCUT2D eigenvalue weighted by Gasteiger charge is 2.20. The zero-order valence-electron chi connectivity index (χ0n) is 12.6. The van der Waals surface area contributed by atoms with Gasteiger partial charge in [0.15, 0.2) is 0 Å². The zero-order valence-corrected chi connectivity index (χ0v) is 12.6. The Morgan fingerprint density at radius 1 is 1.26 bits per heavy atom. The molecular weight excluding hydrogens is 240 g/mol. The first-order chi connectivity index (χ1) is 8.97. The summed E-state index contributed by atoms with van der Waals surface area (Å²) in [6, 6.07) is 0.149. The predicted octanol–water partition coefficient (Wildman–Crippen LogP) is 2.66. The third kappa shape index (κ3) is 7.41. The highest BCUT2D eigenvalue weighted by Crippen LogP contribution is 2.23. The van der Waals surface area contributed by atoms with E-state index in [2.05, 4.69) is 24.5 Å². The third-order valence-electron chi connectivity index (χ3n) is 3.86. The van der Waals surface area contributed by atoms with Gasteiger partial charge in [0, 0.05) is 12.6 Å². The van der Waals surface area contributed by atoms with Gasteiger partial charge in [0.05, 0.1) is 6.10 Å². The van der Waals surface area contributed by atoms with E-state index >= 15 is 0 Å². The van der Waals surface area contributed by atoms with Crippen LogP contribution in [0.2, 0.25) is 0 Å². The van der Waals surface area contributed by atoms with Gasteiger partial charge >= 0.3 is 6.03 Å². The van der Waals surface area contributed by atoms with Crippen molar-refractivity contribution in [3.8, 4) is 0 Å². The number of carbonyl (C=O) groups is 1. The van der Waals surface area contributed by atoms with Crippen LogP contribution in [0.25, 0.3) is 0 Å². The van der Waals surface area contributed by atoms with Crippen molar-refractivity contribution in [2.45, 2.75) is 71.4 Å². The number of urea groups is 1. The summed E-state index contributed by atoms with van der Waals surface area (Å²) in [5, 5.41) is 15.5. The SMILES string of the molecule is CC(C)CCC(C)NC(=O)NCC1CCCC(O)C1. The summed E-state index contributed by atoms with van der Waals surface area (Å²) in [7, 11) is 0. The van der Waals surface area contributed by atoms with Crippen molar-refractivity contribution in [1.29, 1.82) is 0 Å². The van der Waals surface area contributed by atoms with E-state index in [-0.39, 0.29) is 18.2 Å². The molecule has 1 aliphatic carbocycles. The van der Waals surface area contributed by atoms with Gasteiger partial charge in [-0.1, -0.05) is 20.3 Å². The van der Waals surface area contributed by atoms with Crippen LogP contribution >= 0.6 is 0 Å². The molecular formula is C15H30N2O2. The molecule has 0 aromatic rings. The summed E-state index contributed by atoms with van der Waals surface area (Å²) < 4.78 is 0. The molecule has 0 spiro atoms. The Morgan fingerprint density at radius 2 is 2.00 bits per heavy atom. The number of rotatable bonds is 6. The minimum Gasteiger partial charge on any atom is -0.393 e. The van der Waals surface area contributed by atoms with E-state index in [0.29, 0.717) is 18.4 Å². The zero-order chi connectivity index (χ0) is 14.3. The quantitative estimate of drug-likeness (QED) is 0.695. The van der Waals surface area contributed by atoms with Crippen LogP contribution < -0.4 is 10.6 Å². The van der Waals surface area contributed by atoms with Crippen LogP contribution in [-0.4, -0.2) is 29.8 Å². The van der Waals surface area contributed by atoms with Crippen molar-refractivity contribution in [3.05, 3.63) is 0 Å². The number of amides is 2. The summed E-state index contributed by atoms with van der Waals surface area (Å²) in [6.07, 6.45) is 5.90. The number of nitrogens with one attached hydrogen (secondary N) is 2. The van der Waals surface area contributed by atoms with Gasteiger partial charge in [0.1, 0.15) is 0 Å². The molecule has 2 amide bonds. The molecule has 1 saturated carbocycles.